The second-order valence-corrected chi connectivity index (χ2v) is 7.15. The van der Waals surface area contributed by atoms with E-state index in [1.807, 2.05) is 0 Å². The highest BCUT2D eigenvalue weighted by molar-refractivity contribution is 8.17. The van der Waals surface area contributed by atoms with Crippen molar-refractivity contribution in [3.8, 4) is 0 Å². The maximum Gasteiger partial charge on any atom is 0.458 e. The van der Waals surface area contributed by atoms with Gasteiger partial charge in [-0.05, 0) is 23.9 Å². The smallest absolute Gasteiger partial charge is 0.379 e. The number of anilines is 1. The summed E-state index contributed by atoms with van der Waals surface area (Å²) >= 11 is 0.136. The summed E-state index contributed by atoms with van der Waals surface area (Å²) < 4.78 is 75.7. The Morgan fingerprint density at radius 3 is 2.26 bits per heavy atom. The summed E-state index contributed by atoms with van der Waals surface area (Å²) in [5.41, 5.74) is 0.0247. The number of benzene rings is 1. The monoisotopic (exact) mass is 409 g/mol. The van der Waals surface area contributed by atoms with Crippen LogP contribution in [0.1, 0.15) is 6.92 Å². The predicted molar refractivity (Wildman–Crippen MR) is 90.8 cm³/mol. The molecule has 0 N–H and O–H groups in total. The van der Waals surface area contributed by atoms with Crippen LogP contribution in [0.15, 0.2) is 35.4 Å². The number of Topliss-reactive ketones (excluding diaryl/α,β-unsaturated/α-hetero) is 1. The summed E-state index contributed by atoms with van der Waals surface area (Å²) in [5.74, 6) is -5.88. The molecule has 27 heavy (non-hydrogen) atoms. The molecular formula is C16H16F5N3O2S. The van der Waals surface area contributed by atoms with Crippen LogP contribution in [0.2, 0.25) is 0 Å². The zero-order valence-corrected chi connectivity index (χ0v) is 15.0. The molecule has 1 aromatic carbocycles. The van der Waals surface area contributed by atoms with Gasteiger partial charge in [0.05, 0.1) is 18.9 Å². The number of halogens is 5. The summed E-state index contributed by atoms with van der Waals surface area (Å²) in [6.07, 6.45) is -5.85. The van der Waals surface area contributed by atoms with Crippen molar-refractivity contribution in [1.82, 2.24) is 4.90 Å². The van der Waals surface area contributed by atoms with Gasteiger partial charge in [0.25, 0.3) is 0 Å². The fourth-order valence-corrected chi connectivity index (χ4v) is 4.27. The van der Waals surface area contributed by atoms with Gasteiger partial charge in [0.15, 0.2) is 10.8 Å². The molecule has 1 saturated heterocycles. The summed E-state index contributed by atoms with van der Waals surface area (Å²) in [6.45, 7) is 0.740. The molecule has 0 spiro atoms. The van der Waals surface area contributed by atoms with Crippen molar-refractivity contribution >= 4 is 28.3 Å². The molecule has 0 saturated carbocycles. The summed E-state index contributed by atoms with van der Waals surface area (Å²) in [7, 11) is 0. The third kappa shape index (κ3) is 3.21. The van der Waals surface area contributed by atoms with Crippen LogP contribution in [0.3, 0.4) is 0 Å². The highest BCUT2D eigenvalue weighted by Crippen LogP contribution is 2.57. The zero-order chi connectivity index (χ0) is 19.9. The molecule has 1 unspecified atom stereocenters. The molecule has 2 aliphatic heterocycles. The van der Waals surface area contributed by atoms with Gasteiger partial charge in [0.2, 0.25) is 4.99 Å². The Balaban J connectivity index is 2.22. The number of para-hydroxylation sites is 1. The number of ketones is 1. The van der Waals surface area contributed by atoms with Gasteiger partial charge >= 0.3 is 12.1 Å². The minimum Gasteiger partial charge on any atom is -0.379 e. The van der Waals surface area contributed by atoms with E-state index in [-0.39, 0.29) is 43.8 Å². The SMILES string of the molecule is CC(=O)C1=NN(c2ccccc2)C(N2CCOCC2)(C(F)(F)C(F)(F)F)S1. The standard InChI is InChI=1S/C16H16F5N3O2S/c1-11(25)13-22-24(12-5-3-2-4-6-12)16(27-13,14(17,18)15(19,20)21)23-7-9-26-10-8-23/h2-6H,7-10H2,1H3. The molecule has 0 amide bonds. The first-order valence-corrected chi connectivity index (χ1v) is 8.84. The van der Waals surface area contributed by atoms with E-state index in [4.69, 9.17) is 4.74 Å². The Morgan fingerprint density at radius 1 is 1.15 bits per heavy atom. The molecule has 1 atom stereocenters. The molecule has 148 valence electrons. The molecule has 0 aliphatic carbocycles. The van der Waals surface area contributed by atoms with Crippen LogP contribution in [0, 0.1) is 0 Å². The van der Waals surface area contributed by atoms with Crippen LogP contribution < -0.4 is 5.01 Å². The number of ether oxygens (including phenoxy) is 1. The van der Waals surface area contributed by atoms with Crippen LogP contribution in [0.4, 0.5) is 27.6 Å². The molecule has 11 heteroatoms. The Bertz CT molecular complexity index is 737. The van der Waals surface area contributed by atoms with E-state index in [9.17, 15) is 26.7 Å². The largest absolute Gasteiger partial charge is 0.458 e. The fourth-order valence-electron chi connectivity index (χ4n) is 2.95. The molecule has 1 aromatic rings. The molecular weight excluding hydrogens is 393 g/mol. The van der Waals surface area contributed by atoms with Gasteiger partial charge in [-0.15, -0.1) is 0 Å². The highest BCUT2D eigenvalue weighted by Gasteiger charge is 2.77. The van der Waals surface area contributed by atoms with Crippen LogP contribution in [0.25, 0.3) is 0 Å². The lowest BCUT2D eigenvalue weighted by atomic mass is 10.1. The van der Waals surface area contributed by atoms with Gasteiger partial charge in [-0.1, -0.05) is 18.2 Å². The lowest BCUT2D eigenvalue weighted by Gasteiger charge is -2.49. The number of nitrogens with zero attached hydrogens (tertiary/aromatic N) is 3. The van der Waals surface area contributed by atoms with Gasteiger partial charge in [-0.2, -0.15) is 27.1 Å². The van der Waals surface area contributed by atoms with Crippen LogP contribution in [-0.2, 0) is 9.53 Å². The first kappa shape index (κ1) is 20.0. The third-order valence-electron chi connectivity index (χ3n) is 4.22. The van der Waals surface area contributed by atoms with Gasteiger partial charge < -0.3 is 4.74 Å². The van der Waals surface area contributed by atoms with E-state index in [0.717, 1.165) is 11.8 Å². The molecule has 5 nitrogen and oxygen atoms in total. The minimum absolute atomic E-state index is 0.00567. The van der Waals surface area contributed by atoms with E-state index >= 15 is 0 Å². The van der Waals surface area contributed by atoms with Crippen molar-refractivity contribution in [1.29, 1.82) is 0 Å². The first-order chi connectivity index (χ1) is 12.6. The van der Waals surface area contributed by atoms with Crippen LogP contribution >= 0.6 is 11.8 Å². The lowest BCUT2D eigenvalue weighted by molar-refractivity contribution is -0.312. The van der Waals surface area contributed by atoms with Crippen LogP contribution in [0.5, 0.6) is 0 Å². The molecule has 1 fully saturated rings. The third-order valence-corrected chi connectivity index (χ3v) is 5.76. The van der Waals surface area contributed by atoms with Crippen molar-refractivity contribution in [2.24, 2.45) is 5.10 Å². The molecule has 0 aromatic heterocycles. The normalized spacial score (nSPS) is 24.8. The lowest BCUT2D eigenvalue weighted by Crippen LogP contribution is -2.71. The topological polar surface area (TPSA) is 45.1 Å². The van der Waals surface area contributed by atoms with Crippen molar-refractivity contribution in [3.63, 3.8) is 0 Å². The summed E-state index contributed by atoms with van der Waals surface area (Å²) in [6, 6.07) is 7.33. The van der Waals surface area contributed by atoms with Crippen molar-refractivity contribution in [2.45, 2.75) is 24.0 Å². The summed E-state index contributed by atoms with van der Waals surface area (Å²) in [4.78, 5) is 9.85. The number of carbonyl (C=O) groups is 1. The van der Waals surface area contributed by atoms with Crippen molar-refractivity contribution in [2.75, 3.05) is 31.3 Å². The van der Waals surface area contributed by atoms with E-state index in [1.54, 1.807) is 6.07 Å². The number of alkyl halides is 5. The Hall–Kier alpha value is -1.72. The first-order valence-electron chi connectivity index (χ1n) is 8.02. The predicted octanol–water partition coefficient (Wildman–Crippen LogP) is 3.33. The average molecular weight is 409 g/mol. The maximum absolute atomic E-state index is 15.0. The number of hydrazone groups is 1. The minimum atomic E-state index is -5.85. The molecule has 2 aliphatic rings. The molecule has 0 bridgehead atoms. The number of rotatable bonds is 4. The van der Waals surface area contributed by atoms with E-state index in [2.05, 4.69) is 5.10 Å². The molecule has 0 radical (unpaired) electrons. The van der Waals surface area contributed by atoms with Gasteiger partial charge in [-0.3, -0.25) is 9.69 Å². The number of hydrogen-bond acceptors (Lipinski definition) is 6. The van der Waals surface area contributed by atoms with Crippen molar-refractivity contribution < 1.29 is 31.5 Å². The van der Waals surface area contributed by atoms with E-state index in [0.29, 0.717) is 5.01 Å². The molecule has 2 heterocycles. The van der Waals surface area contributed by atoms with Gasteiger partial charge in [0.1, 0.15) is 0 Å². The number of carbonyl (C=O) groups excluding carboxylic acids is 1. The number of thioether (sulfide) groups is 1. The quantitative estimate of drug-likeness (QED) is 0.714. The second-order valence-electron chi connectivity index (χ2n) is 5.99. The Labute approximate surface area is 156 Å². The summed E-state index contributed by atoms with van der Waals surface area (Å²) in [5, 5.41) is 4.08. The van der Waals surface area contributed by atoms with Gasteiger partial charge in [0, 0.05) is 20.0 Å². The fraction of sp³-hybridized carbons (Fsp3) is 0.500. The maximum atomic E-state index is 15.0. The van der Waals surface area contributed by atoms with Crippen LogP contribution in [-0.4, -0.2) is 59.1 Å². The Kier molecular flexibility index (Phi) is 5.21. The van der Waals surface area contributed by atoms with E-state index in [1.165, 1.54) is 24.3 Å². The average Bonchev–Trinajstić information content (AvgIpc) is 3.05. The van der Waals surface area contributed by atoms with E-state index < -0.39 is 27.9 Å². The number of hydrogen-bond donors (Lipinski definition) is 0. The Morgan fingerprint density at radius 2 is 1.74 bits per heavy atom. The highest BCUT2D eigenvalue weighted by atomic mass is 32.2. The van der Waals surface area contributed by atoms with Crippen molar-refractivity contribution in [3.05, 3.63) is 30.3 Å². The van der Waals surface area contributed by atoms with Gasteiger partial charge in [-0.25, -0.2) is 5.01 Å². The zero-order valence-electron chi connectivity index (χ0n) is 14.2. The second kappa shape index (κ2) is 7.02. The molecule has 3 rings (SSSR count). The number of morpholine rings is 1.